The Hall–Kier alpha value is -0.780. The molecule has 0 saturated carbocycles. The zero-order chi connectivity index (χ0) is 13.0. The summed E-state index contributed by atoms with van der Waals surface area (Å²) < 4.78 is 0. The number of hydrogen-bond donors (Lipinski definition) is 0. The summed E-state index contributed by atoms with van der Waals surface area (Å²) >= 11 is 0. The highest BCUT2D eigenvalue weighted by Crippen LogP contribution is 2.53. The van der Waals surface area contributed by atoms with Gasteiger partial charge in [-0.15, -0.1) is 0 Å². The van der Waals surface area contributed by atoms with Gasteiger partial charge in [0.2, 0.25) is 0 Å². The zero-order valence-corrected chi connectivity index (χ0v) is 12.4. The van der Waals surface area contributed by atoms with Crippen LogP contribution in [0.4, 0.5) is 0 Å². The number of fused-ring (bicyclic) bond motifs is 1. The SMILES string of the molecule is CC(C)c1ccc2c(c1)C(C)(C)C(C)C2(C)C. The highest BCUT2D eigenvalue weighted by molar-refractivity contribution is 5.48. The first-order valence-electron chi connectivity index (χ1n) is 6.84. The van der Waals surface area contributed by atoms with E-state index in [9.17, 15) is 0 Å². The largest absolute Gasteiger partial charge is 0.0608 e. The third-order valence-electron chi connectivity index (χ3n) is 5.26. The molecule has 1 atom stereocenters. The Kier molecular flexibility index (Phi) is 2.69. The third-order valence-corrected chi connectivity index (χ3v) is 5.26. The maximum absolute atomic E-state index is 2.45. The minimum Gasteiger partial charge on any atom is -0.0608 e. The molecule has 0 radical (unpaired) electrons. The smallest absolute Gasteiger partial charge is 0.00666 e. The summed E-state index contributed by atoms with van der Waals surface area (Å²) in [6.45, 7) is 16.5. The Morgan fingerprint density at radius 1 is 0.941 bits per heavy atom. The van der Waals surface area contributed by atoms with Crippen LogP contribution in [-0.2, 0) is 10.8 Å². The molecule has 1 aliphatic rings. The van der Waals surface area contributed by atoms with Gasteiger partial charge in [-0.25, -0.2) is 0 Å². The highest BCUT2D eigenvalue weighted by atomic mass is 14.5. The Morgan fingerprint density at radius 3 is 2.00 bits per heavy atom. The minimum absolute atomic E-state index is 0.295. The fourth-order valence-electron chi connectivity index (χ4n) is 3.38. The molecule has 1 aromatic carbocycles. The van der Waals surface area contributed by atoms with Crippen LogP contribution in [0, 0.1) is 5.92 Å². The Morgan fingerprint density at radius 2 is 1.47 bits per heavy atom. The first-order chi connectivity index (χ1) is 7.69. The van der Waals surface area contributed by atoms with Crippen molar-refractivity contribution >= 4 is 0 Å². The highest BCUT2D eigenvalue weighted by Gasteiger charge is 2.48. The number of hydrogen-bond acceptors (Lipinski definition) is 0. The zero-order valence-electron chi connectivity index (χ0n) is 12.4. The minimum atomic E-state index is 0.295. The van der Waals surface area contributed by atoms with Crippen LogP contribution in [0.15, 0.2) is 18.2 Å². The van der Waals surface area contributed by atoms with Gasteiger partial charge in [0.25, 0.3) is 0 Å². The molecule has 0 bridgehead atoms. The predicted octanol–water partition coefficient (Wildman–Crippen LogP) is 5.01. The van der Waals surface area contributed by atoms with Crippen LogP contribution in [0.25, 0.3) is 0 Å². The summed E-state index contributed by atoms with van der Waals surface area (Å²) in [6, 6.07) is 7.14. The van der Waals surface area contributed by atoms with Gasteiger partial charge >= 0.3 is 0 Å². The van der Waals surface area contributed by atoms with Gasteiger partial charge in [-0.3, -0.25) is 0 Å². The van der Waals surface area contributed by atoms with Gasteiger partial charge in [-0.2, -0.15) is 0 Å². The molecule has 0 nitrogen and oxygen atoms in total. The van der Waals surface area contributed by atoms with E-state index in [1.165, 1.54) is 5.56 Å². The van der Waals surface area contributed by atoms with E-state index >= 15 is 0 Å². The lowest BCUT2D eigenvalue weighted by Crippen LogP contribution is -2.30. The summed E-state index contributed by atoms with van der Waals surface area (Å²) in [5.41, 5.74) is 5.19. The van der Waals surface area contributed by atoms with Crippen LogP contribution in [0.3, 0.4) is 0 Å². The topological polar surface area (TPSA) is 0 Å². The molecule has 0 saturated heterocycles. The lowest BCUT2D eigenvalue weighted by atomic mass is 9.71. The van der Waals surface area contributed by atoms with Crippen molar-refractivity contribution in [3.8, 4) is 0 Å². The van der Waals surface area contributed by atoms with Crippen molar-refractivity contribution in [3.63, 3.8) is 0 Å². The molecular weight excluding hydrogens is 204 g/mol. The van der Waals surface area contributed by atoms with Crippen LogP contribution < -0.4 is 0 Å². The number of rotatable bonds is 1. The molecule has 0 spiro atoms. The molecule has 0 aromatic heterocycles. The van der Waals surface area contributed by atoms with Crippen molar-refractivity contribution < 1.29 is 0 Å². The fraction of sp³-hybridized carbons (Fsp3) is 0.647. The molecule has 1 aromatic rings. The quantitative estimate of drug-likeness (QED) is 0.636. The Bertz CT molecular complexity index is 435. The molecule has 0 aliphatic heterocycles. The van der Waals surface area contributed by atoms with E-state index in [0.717, 1.165) is 0 Å². The molecule has 17 heavy (non-hydrogen) atoms. The summed E-state index contributed by atoms with van der Waals surface area (Å²) in [5, 5.41) is 0. The van der Waals surface area contributed by atoms with Crippen LogP contribution in [-0.4, -0.2) is 0 Å². The van der Waals surface area contributed by atoms with Crippen molar-refractivity contribution in [2.75, 3.05) is 0 Å². The van der Waals surface area contributed by atoms with Gasteiger partial charge in [-0.1, -0.05) is 66.7 Å². The maximum atomic E-state index is 2.45. The van der Waals surface area contributed by atoms with Gasteiger partial charge in [0, 0.05) is 0 Å². The predicted molar refractivity (Wildman–Crippen MR) is 75.7 cm³/mol. The lowest BCUT2D eigenvalue weighted by Gasteiger charge is -2.32. The third kappa shape index (κ3) is 1.64. The summed E-state index contributed by atoms with van der Waals surface area (Å²) in [4.78, 5) is 0. The normalized spacial score (nSPS) is 25.1. The summed E-state index contributed by atoms with van der Waals surface area (Å²) in [6.07, 6.45) is 0. The molecule has 0 fully saturated rings. The lowest BCUT2D eigenvalue weighted by molar-refractivity contribution is 0.264. The molecule has 0 heterocycles. The molecule has 1 unspecified atom stereocenters. The average Bonchev–Trinajstić information content (AvgIpc) is 2.38. The van der Waals surface area contributed by atoms with E-state index in [-0.39, 0.29) is 0 Å². The Labute approximate surface area is 106 Å². The van der Waals surface area contributed by atoms with Crippen LogP contribution >= 0.6 is 0 Å². The molecule has 0 amide bonds. The van der Waals surface area contributed by atoms with Crippen LogP contribution in [0.5, 0.6) is 0 Å². The van der Waals surface area contributed by atoms with Crippen LogP contribution in [0.1, 0.15) is 71.1 Å². The van der Waals surface area contributed by atoms with Crippen molar-refractivity contribution in [2.45, 2.75) is 65.2 Å². The van der Waals surface area contributed by atoms with E-state index in [1.54, 1.807) is 11.1 Å². The van der Waals surface area contributed by atoms with E-state index in [0.29, 0.717) is 22.7 Å². The molecule has 0 heteroatoms. The van der Waals surface area contributed by atoms with E-state index in [1.807, 2.05) is 0 Å². The van der Waals surface area contributed by atoms with Gasteiger partial charge in [0.05, 0.1) is 0 Å². The van der Waals surface area contributed by atoms with Crippen molar-refractivity contribution in [1.29, 1.82) is 0 Å². The van der Waals surface area contributed by atoms with Crippen molar-refractivity contribution in [3.05, 3.63) is 34.9 Å². The fourth-order valence-corrected chi connectivity index (χ4v) is 3.38. The van der Waals surface area contributed by atoms with Gasteiger partial charge in [0.15, 0.2) is 0 Å². The molecular formula is C17H26. The second-order valence-corrected chi connectivity index (χ2v) is 7.12. The standard InChI is InChI=1S/C17H26/c1-11(2)13-8-9-14-15(10-13)17(6,7)12(3)16(14,4)5/h8-12H,1-7H3. The van der Waals surface area contributed by atoms with Crippen LogP contribution in [0.2, 0.25) is 0 Å². The Balaban J connectivity index is 2.64. The maximum Gasteiger partial charge on any atom is -0.00666 e. The van der Waals surface area contributed by atoms with Gasteiger partial charge < -0.3 is 0 Å². The average molecular weight is 230 g/mol. The summed E-state index contributed by atoms with van der Waals surface area (Å²) in [7, 11) is 0. The molecule has 94 valence electrons. The molecule has 0 N–H and O–H groups in total. The second-order valence-electron chi connectivity index (χ2n) is 7.12. The molecule has 2 rings (SSSR count). The number of benzene rings is 1. The van der Waals surface area contributed by atoms with E-state index < -0.39 is 0 Å². The first-order valence-corrected chi connectivity index (χ1v) is 6.84. The summed E-state index contributed by atoms with van der Waals surface area (Å²) in [5.74, 6) is 1.31. The van der Waals surface area contributed by atoms with E-state index in [2.05, 4.69) is 66.7 Å². The van der Waals surface area contributed by atoms with Gasteiger partial charge in [-0.05, 0) is 39.4 Å². The van der Waals surface area contributed by atoms with Crippen molar-refractivity contribution in [2.24, 2.45) is 5.92 Å². The van der Waals surface area contributed by atoms with Crippen molar-refractivity contribution in [1.82, 2.24) is 0 Å². The second kappa shape index (κ2) is 3.60. The first kappa shape index (κ1) is 12.7. The monoisotopic (exact) mass is 230 g/mol. The molecule has 1 aliphatic carbocycles. The van der Waals surface area contributed by atoms with Gasteiger partial charge in [0.1, 0.15) is 0 Å². The van der Waals surface area contributed by atoms with E-state index in [4.69, 9.17) is 0 Å².